The van der Waals surface area contributed by atoms with Crippen LogP contribution < -0.4 is 0 Å². The minimum absolute atomic E-state index is 0. The van der Waals surface area contributed by atoms with Gasteiger partial charge in [-0.2, -0.15) is 0 Å². The van der Waals surface area contributed by atoms with Crippen LogP contribution in [-0.4, -0.2) is 0 Å². The van der Waals surface area contributed by atoms with Gasteiger partial charge in [0.1, 0.15) is 0 Å². The molecule has 0 amide bonds. The largest absolute Gasteiger partial charge is 0.166 e. The lowest BCUT2D eigenvalue weighted by Crippen LogP contribution is -2.04. The van der Waals surface area contributed by atoms with Crippen molar-refractivity contribution in [3.05, 3.63) is 285 Å². The molecular weight excluding hydrogens is 917 g/mol. The Hall–Kier alpha value is -6.05. The van der Waals surface area contributed by atoms with E-state index in [2.05, 4.69) is 285 Å². The number of benzene rings is 10. The highest BCUT2D eigenvalue weighted by Gasteiger charge is 2.30. The molecule has 0 bridgehead atoms. The highest BCUT2D eigenvalue weighted by Crippen LogP contribution is 2.37. The monoisotopic (exact) mass is 975 g/mol. The van der Waals surface area contributed by atoms with E-state index in [9.17, 15) is 0 Å². The Morgan fingerprint density at radius 3 is 0.500 bits per heavy atom. The molecule has 0 spiro atoms. The summed E-state index contributed by atoms with van der Waals surface area (Å²) in [5.41, 5.74) is 0. The van der Waals surface area contributed by atoms with E-state index in [4.69, 9.17) is 0 Å². The molecule has 0 aromatic heterocycles. The zero-order chi connectivity index (χ0) is 43.9. The Morgan fingerprint density at radius 2 is 0.309 bits per heavy atom. The maximum Gasteiger partial charge on any atom is 0.166 e. The van der Waals surface area contributed by atoms with Gasteiger partial charge in [-0.1, -0.05) is 173 Å². The topological polar surface area (TPSA) is 0 Å². The Morgan fingerprint density at radius 1 is 0.162 bits per heavy atom. The minimum Gasteiger partial charge on any atom is -0.0901 e. The molecule has 10 rings (SSSR count). The van der Waals surface area contributed by atoms with Gasteiger partial charge in [0.15, 0.2) is 44.1 Å². The lowest BCUT2D eigenvalue weighted by molar-refractivity contribution is 1.27. The quantitative estimate of drug-likeness (QED) is 0.106. The molecule has 0 N–H and O–H groups in total. The van der Waals surface area contributed by atoms with Crippen molar-refractivity contribution in [3.8, 4) is 0 Å². The molecule has 10 aromatic rings. The van der Waals surface area contributed by atoms with Gasteiger partial charge in [-0.05, 0) is 158 Å². The van der Waals surface area contributed by atoms with Crippen molar-refractivity contribution in [2.24, 2.45) is 0 Å². The molecule has 5 heteroatoms. The molecule has 0 atom stereocenters. The summed E-state index contributed by atoms with van der Waals surface area (Å²) < 4.78 is 0. The molecule has 68 heavy (non-hydrogen) atoms. The average molecular weight is 977 g/mol. The van der Waals surface area contributed by atoms with E-state index >= 15 is 0 Å². The van der Waals surface area contributed by atoms with Gasteiger partial charge in [-0.15, -0.1) is 0 Å². The highest BCUT2D eigenvalue weighted by molar-refractivity contribution is 8.00. The molecule has 0 unspecified atom stereocenters. The fourth-order valence-electron chi connectivity index (χ4n) is 7.26. The molecule has 0 aliphatic heterocycles. The second kappa shape index (κ2) is 26.5. The fraction of sp³-hybridized carbons (Fsp3) is 0.0476. The molecule has 0 heterocycles. The Balaban J connectivity index is 0.000000230. The van der Waals surface area contributed by atoms with Crippen LogP contribution in [0.2, 0.25) is 0 Å². The van der Waals surface area contributed by atoms with E-state index in [1.165, 1.54) is 63.6 Å². The predicted molar refractivity (Wildman–Crippen MR) is 299 cm³/mol. The zero-order valence-electron chi connectivity index (χ0n) is 35.7. The summed E-state index contributed by atoms with van der Waals surface area (Å²) in [4.78, 5) is 17.1. The van der Waals surface area contributed by atoms with Gasteiger partial charge in [0.05, 0.1) is 32.7 Å². The van der Waals surface area contributed by atoms with Crippen LogP contribution in [0.4, 0.5) is 0 Å². The lowest BCUT2D eigenvalue weighted by atomic mass is 10.3. The van der Waals surface area contributed by atoms with Gasteiger partial charge < -0.3 is 0 Å². The summed E-state index contributed by atoms with van der Waals surface area (Å²) in [5.74, 6) is 0. The van der Waals surface area contributed by atoms with Gasteiger partial charge in [0.2, 0.25) is 0 Å². The van der Waals surface area contributed by atoms with Crippen LogP contribution in [0.1, 0.15) is 22.3 Å². The van der Waals surface area contributed by atoms with Crippen molar-refractivity contribution in [1.29, 1.82) is 0 Å². The first-order chi connectivity index (χ1) is 32.2. The number of hydrogen-bond donors (Lipinski definition) is 0. The summed E-state index contributed by atoms with van der Waals surface area (Å²) in [6, 6.07) is 103. The van der Waals surface area contributed by atoms with Crippen molar-refractivity contribution in [2.75, 3.05) is 0 Å². The van der Waals surface area contributed by atoms with Crippen LogP contribution in [0.15, 0.2) is 349 Å². The second-order valence-electron chi connectivity index (χ2n) is 14.7. The first kappa shape index (κ1) is 51.3. The van der Waals surface area contributed by atoms with Crippen LogP contribution in [-0.2, 0) is 32.7 Å². The van der Waals surface area contributed by atoms with Gasteiger partial charge in [-0.25, -0.2) is 0 Å². The normalized spacial score (nSPS) is 10.5. The first-order valence-electron chi connectivity index (χ1n) is 21.5. The maximum absolute atomic E-state index is 2.29. The molecule has 0 radical (unpaired) electrons. The van der Waals surface area contributed by atoms with Crippen LogP contribution in [0.5, 0.6) is 0 Å². The summed E-state index contributed by atoms with van der Waals surface area (Å²) in [6.07, 6.45) is 0. The van der Waals surface area contributed by atoms with Gasteiger partial charge >= 0.3 is 0 Å². The van der Waals surface area contributed by atoms with Gasteiger partial charge in [-0.3, -0.25) is 0 Å². The lowest BCUT2D eigenvalue weighted by Gasteiger charge is -2.10. The number of rotatable bonds is 13. The molecule has 0 aliphatic carbocycles. The van der Waals surface area contributed by atoms with Crippen LogP contribution >= 0.6 is 23.5 Å². The molecule has 338 valence electrons. The van der Waals surface area contributed by atoms with E-state index in [0.717, 1.165) is 0 Å². The van der Waals surface area contributed by atoms with E-state index in [-0.39, 0.29) is 55.0 Å². The average Bonchev–Trinajstić information content (AvgIpc) is 3.38. The summed E-state index contributed by atoms with van der Waals surface area (Å²) in [6.45, 7) is 0. The molecule has 10 aromatic carbocycles. The van der Waals surface area contributed by atoms with Crippen molar-refractivity contribution in [2.45, 2.75) is 85.9 Å². The predicted octanol–water partition coefficient (Wildman–Crippen LogP) is 18.9. The van der Waals surface area contributed by atoms with Crippen molar-refractivity contribution in [1.82, 2.24) is 0 Å². The molecule has 0 fully saturated rings. The Labute approximate surface area is 424 Å². The fourth-order valence-corrected chi connectivity index (χ4v) is 15.2. The van der Waals surface area contributed by atoms with E-state index in [1.54, 1.807) is 11.8 Å². The van der Waals surface area contributed by atoms with Crippen molar-refractivity contribution in [3.63, 3.8) is 0 Å². The zero-order valence-corrected chi connectivity index (χ0v) is 39.8. The summed E-state index contributed by atoms with van der Waals surface area (Å²) in [7, 11) is -0.324. The Kier molecular flexibility index (Phi) is 20.0. The van der Waals surface area contributed by atoms with E-state index in [0.29, 0.717) is 0 Å². The Bertz CT molecular complexity index is 2680. The van der Waals surface area contributed by atoms with Crippen molar-refractivity contribution < 1.29 is 0 Å². The van der Waals surface area contributed by atoms with Crippen LogP contribution in [0, 0.1) is 0 Å². The van der Waals surface area contributed by atoms with Crippen molar-refractivity contribution >= 4 is 56.2 Å². The van der Waals surface area contributed by atoms with Gasteiger partial charge in [0.25, 0.3) is 0 Å². The third-order valence-electron chi connectivity index (χ3n) is 10.3. The summed E-state index contributed by atoms with van der Waals surface area (Å²) in [5, 5.41) is 0. The van der Waals surface area contributed by atoms with Gasteiger partial charge in [0, 0.05) is 19.6 Å². The standard InChI is InChI=1S/C36H28S3.C24H19S2.3CH4/c1-5-13-31(14-6-1)38(32-15-7-2-8-16-32)35-25-21-29(22-26-35)37-30-23-27-36(28-24-30)39(33-17-9-3-10-18-33)34-19-11-4-12-20-34;1-4-10-20(11-5-1)25-21-16-18-24(19-17-21)26(22-12-6-2-7-13-22)23-14-8-3-9-15-23;;;/h1-28H;1-19H;3*1H4/q+2;+1;;;. The maximum atomic E-state index is 2.29. The second-order valence-corrected chi connectivity index (χ2v) is 23.1. The van der Waals surface area contributed by atoms with Crippen LogP contribution in [0.25, 0.3) is 0 Å². The van der Waals surface area contributed by atoms with E-state index in [1.807, 2.05) is 11.8 Å². The summed E-state index contributed by atoms with van der Waals surface area (Å²) >= 11 is 3.62. The first-order valence-corrected chi connectivity index (χ1v) is 26.8. The van der Waals surface area contributed by atoms with Crippen LogP contribution in [0.3, 0.4) is 0 Å². The molecular formula is C63H59S5+3. The molecule has 0 aliphatic rings. The number of hydrogen-bond acceptors (Lipinski definition) is 2. The minimum atomic E-state index is -0.123. The highest BCUT2D eigenvalue weighted by atomic mass is 32.2. The van der Waals surface area contributed by atoms with E-state index < -0.39 is 0 Å². The smallest absolute Gasteiger partial charge is 0.0901 e. The molecule has 0 nitrogen and oxygen atoms in total. The third kappa shape index (κ3) is 13.6. The SMILES string of the molecule is C.C.C.c1ccc(Sc2ccc([S+](c3ccccc3)c3ccccc3)cc2)cc1.c1ccc([S+](c2ccccc2)c2ccc(Sc3ccc([S+](c4ccccc4)c4ccccc4)cc3)cc2)cc1. The molecule has 0 saturated carbocycles. The molecule has 0 saturated heterocycles. The third-order valence-corrected chi connectivity index (χ3v) is 19.0.